The first-order chi connectivity index (χ1) is 10.6. The van der Waals surface area contributed by atoms with E-state index in [1.54, 1.807) is 18.2 Å². The maximum Gasteiger partial charge on any atom is 0.267 e. The van der Waals surface area contributed by atoms with Gasteiger partial charge in [0.2, 0.25) is 0 Å². The van der Waals surface area contributed by atoms with Gasteiger partial charge in [0.25, 0.3) is 5.91 Å². The fourth-order valence-corrected chi connectivity index (χ4v) is 2.38. The molecule has 1 aliphatic carbocycles. The molecule has 6 heteroatoms. The Labute approximate surface area is 128 Å². The third kappa shape index (κ3) is 3.52. The van der Waals surface area contributed by atoms with Crippen LogP contribution in [0.25, 0.3) is 0 Å². The number of carbonyl (C=O) groups is 1. The molecule has 0 aliphatic heterocycles. The predicted molar refractivity (Wildman–Crippen MR) is 82.4 cm³/mol. The number of aromatic nitrogens is 2. The largest absolute Gasteiger partial charge is 0.508 e. The van der Waals surface area contributed by atoms with E-state index in [4.69, 9.17) is 5.73 Å². The monoisotopic (exact) mass is 298 g/mol. The van der Waals surface area contributed by atoms with Crippen LogP contribution in [0.15, 0.2) is 36.7 Å². The summed E-state index contributed by atoms with van der Waals surface area (Å²) < 4.78 is 0. The summed E-state index contributed by atoms with van der Waals surface area (Å²) in [5, 5.41) is 9.60. The summed E-state index contributed by atoms with van der Waals surface area (Å²) in [5.74, 6) is 1.01. The number of nitrogens with zero attached hydrogens (tertiary/aromatic N) is 3. The summed E-state index contributed by atoms with van der Waals surface area (Å²) in [6.07, 6.45) is 3.78. The average molecular weight is 298 g/mol. The lowest BCUT2D eigenvalue weighted by molar-refractivity contribution is 0.0995. The minimum Gasteiger partial charge on any atom is -0.508 e. The van der Waals surface area contributed by atoms with Crippen LogP contribution >= 0.6 is 0 Å². The Bertz CT molecular complexity index is 685. The second kappa shape index (κ2) is 6.01. The minimum atomic E-state index is -0.563. The molecule has 1 fully saturated rings. The minimum absolute atomic E-state index is 0.210. The highest BCUT2D eigenvalue weighted by atomic mass is 16.3. The second-order valence-electron chi connectivity index (χ2n) is 5.62. The highest BCUT2D eigenvalue weighted by molar-refractivity contribution is 5.91. The van der Waals surface area contributed by atoms with Crippen molar-refractivity contribution in [1.82, 2.24) is 9.97 Å². The molecule has 2 aromatic rings. The lowest BCUT2D eigenvalue weighted by Gasteiger charge is -2.24. The summed E-state index contributed by atoms with van der Waals surface area (Å²) >= 11 is 0. The van der Waals surface area contributed by atoms with Gasteiger partial charge in [0.05, 0.1) is 0 Å². The van der Waals surface area contributed by atoms with Crippen molar-refractivity contribution in [2.75, 3.05) is 11.4 Å². The molecule has 3 rings (SSSR count). The van der Waals surface area contributed by atoms with Crippen LogP contribution < -0.4 is 10.6 Å². The van der Waals surface area contributed by atoms with Gasteiger partial charge in [-0.05, 0) is 36.5 Å². The normalized spacial score (nSPS) is 13.8. The number of anilines is 1. The standard InChI is InChI=1S/C16H18N4O2/c17-16(22)14-7-15(19-10-18-14)20(8-11-4-5-11)9-12-2-1-3-13(21)6-12/h1-3,6-7,10-11,21H,4-5,8-9H2,(H2,17,22). The number of phenolic OH excluding ortho intramolecular Hbond substituents is 1. The number of phenols is 1. The van der Waals surface area contributed by atoms with Crippen molar-refractivity contribution in [2.24, 2.45) is 11.7 Å². The summed E-state index contributed by atoms with van der Waals surface area (Å²) in [7, 11) is 0. The van der Waals surface area contributed by atoms with E-state index >= 15 is 0 Å². The SMILES string of the molecule is NC(=O)c1cc(N(Cc2cccc(O)c2)CC2CC2)ncn1. The highest BCUT2D eigenvalue weighted by Gasteiger charge is 2.25. The Balaban J connectivity index is 1.85. The predicted octanol–water partition coefficient (Wildman–Crippen LogP) is 1.70. The van der Waals surface area contributed by atoms with Crippen molar-refractivity contribution in [1.29, 1.82) is 0 Å². The number of aromatic hydroxyl groups is 1. The van der Waals surface area contributed by atoms with Gasteiger partial charge < -0.3 is 15.7 Å². The molecule has 6 nitrogen and oxygen atoms in total. The van der Waals surface area contributed by atoms with Crippen LogP contribution in [0.3, 0.4) is 0 Å². The van der Waals surface area contributed by atoms with Crippen molar-refractivity contribution in [3.63, 3.8) is 0 Å². The molecule has 1 saturated carbocycles. The lowest BCUT2D eigenvalue weighted by atomic mass is 10.2. The third-order valence-corrected chi connectivity index (χ3v) is 3.69. The van der Waals surface area contributed by atoms with Crippen molar-refractivity contribution in [2.45, 2.75) is 19.4 Å². The summed E-state index contributed by atoms with van der Waals surface area (Å²) in [5.41, 5.74) is 6.48. The van der Waals surface area contributed by atoms with Gasteiger partial charge in [-0.25, -0.2) is 9.97 Å². The number of benzene rings is 1. The number of amides is 1. The third-order valence-electron chi connectivity index (χ3n) is 3.69. The zero-order chi connectivity index (χ0) is 15.5. The van der Waals surface area contributed by atoms with Crippen LogP contribution in [0.5, 0.6) is 5.75 Å². The van der Waals surface area contributed by atoms with Gasteiger partial charge >= 0.3 is 0 Å². The molecule has 114 valence electrons. The topological polar surface area (TPSA) is 92.3 Å². The summed E-state index contributed by atoms with van der Waals surface area (Å²) in [6.45, 7) is 1.48. The Hall–Kier alpha value is -2.63. The van der Waals surface area contributed by atoms with E-state index in [2.05, 4.69) is 14.9 Å². The number of primary amides is 1. The molecule has 22 heavy (non-hydrogen) atoms. The highest BCUT2D eigenvalue weighted by Crippen LogP contribution is 2.31. The molecule has 0 saturated heterocycles. The zero-order valence-electron chi connectivity index (χ0n) is 12.1. The Morgan fingerprint density at radius 2 is 2.14 bits per heavy atom. The lowest BCUT2D eigenvalue weighted by Crippen LogP contribution is -2.27. The van der Waals surface area contributed by atoms with Crippen LogP contribution in [0.4, 0.5) is 5.82 Å². The van der Waals surface area contributed by atoms with Gasteiger partial charge in [-0.3, -0.25) is 4.79 Å². The van der Waals surface area contributed by atoms with Crippen molar-refractivity contribution in [3.05, 3.63) is 47.9 Å². The molecule has 1 amide bonds. The van der Waals surface area contributed by atoms with Crippen molar-refractivity contribution >= 4 is 11.7 Å². The van der Waals surface area contributed by atoms with Crippen LogP contribution in [0.1, 0.15) is 28.9 Å². The molecule has 1 heterocycles. The van der Waals surface area contributed by atoms with Gasteiger partial charge in [0.1, 0.15) is 23.6 Å². The number of rotatable bonds is 6. The Kier molecular flexibility index (Phi) is 3.91. The fraction of sp³-hybridized carbons (Fsp3) is 0.312. The number of hydrogen-bond donors (Lipinski definition) is 2. The molecule has 3 N–H and O–H groups in total. The smallest absolute Gasteiger partial charge is 0.267 e. The van der Waals surface area contributed by atoms with Gasteiger partial charge in [0.15, 0.2) is 0 Å². The molecule has 0 bridgehead atoms. The van der Waals surface area contributed by atoms with E-state index in [-0.39, 0.29) is 11.4 Å². The Morgan fingerprint density at radius 3 is 2.82 bits per heavy atom. The van der Waals surface area contributed by atoms with Gasteiger partial charge in [0, 0.05) is 19.2 Å². The summed E-state index contributed by atoms with van der Waals surface area (Å²) in [4.78, 5) is 21.5. The Morgan fingerprint density at radius 1 is 1.32 bits per heavy atom. The van der Waals surface area contributed by atoms with Gasteiger partial charge in [-0.2, -0.15) is 0 Å². The van der Waals surface area contributed by atoms with E-state index in [0.717, 1.165) is 12.1 Å². The maximum absolute atomic E-state index is 11.3. The zero-order valence-corrected chi connectivity index (χ0v) is 12.1. The number of carbonyl (C=O) groups excluding carboxylic acids is 1. The maximum atomic E-state index is 11.3. The molecule has 1 aromatic carbocycles. The van der Waals surface area contributed by atoms with Crippen molar-refractivity contribution in [3.8, 4) is 5.75 Å². The molecule has 1 aromatic heterocycles. The molecular weight excluding hydrogens is 280 g/mol. The van der Waals surface area contributed by atoms with E-state index < -0.39 is 5.91 Å². The van der Waals surface area contributed by atoms with Crippen LogP contribution in [-0.2, 0) is 6.54 Å². The first-order valence-electron chi connectivity index (χ1n) is 7.26. The van der Waals surface area contributed by atoms with E-state index in [9.17, 15) is 9.90 Å². The molecule has 0 atom stereocenters. The van der Waals surface area contributed by atoms with Crippen molar-refractivity contribution < 1.29 is 9.90 Å². The average Bonchev–Trinajstić information content (AvgIpc) is 3.31. The first-order valence-corrected chi connectivity index (χ1v) is 7.26. The van der Waals surface area contributed by atoms with E-state index in [1.165, 1.54) is 19.2 Å². The molecule has 0 radical (unpaired) electrons. The second-order valence-corrected chi connectivity index (χ2v) is 5.62. The number of nitrogens with two attached hydrogens (primary N) is 1. The van der Waals surface area contributed by atoms with Gasteiger partial charge in [-0.1, -0.05) is 12.1 Å². The van der Waals surface area contributed by atoms with E-state index in [1.807, 2.05) is 12.1 Å². The van der Waals surface area contributed by atoms with Crippen LogP contribution in [-0.4, -0.2) is 27.5 Å². The molecular formula is C16H18N4O2. The summed E-state index contributed by atoms with van der Waals surface area (Å²) in [6, 6.07) is 8.76. The molecule has 0 unspecified atom stereocenters. The van der Waals surface area contributed by atoms with Crippen LogP contribution in [0.2, 0.25) is 0 Å². The molecule has 0 spiro atoms. The van der Waals surface area contributed by atoms with E-state index in [0.29, 0.717) is 18.3 Å². The van der Waals surface area contributed by atoms with Crippen LogP contribution in [0, 0.1) is 5.92 Å². The molecule has 1 aliphatic rings. The first kappa shape index (κ1) is 14.3. The fourth-order valence-electron chi connectivity index (χ4n) is 2.38. The quantitative estimate of drug-likeness (QED) is 0.846. The van der Waals surface area contributed by atoms with Gasteiger partial charge in [-0.15, -0.1) is 0 Å². The number of hydrogen-bond acceptors (Lipinski definition) is 5.